The Bertz CT molecular complexity index is 490. The topological polar surface area (TPSA) is 76.4 Å². The van der Waals surface area contributed by atoms with Crippen molar-refractivity contribution < 1.29 is 9.53 Å². The molecule has 1 fully saturated rings. The van der Waals surface area contributed by atoms with Gasteiger partial charge in [-0.15, -0.1) is 0 Å². The van der Waals surface area contributed by atoms with Crippen molar-refractivity contribution in [3.8, 4) is 0 Å². The van der Waals surface area contributed by atoms with Gasteiger partial charge in [-0.05, 0) is 38.5 Å². The van der Waals surface area contributed by atoms with Gasteiger partial charge in [0.25, 0.3) is 5.91 Å². The zero-order chi connectivity index (χ0) is 14.0. The molecule has 1 aliphatic rings. The lowest BCUT2D eigenvalue weighted by molar-refractivity contribution is 0.0963. The molecule has 19 heavy (non-hydrogen) atoms. The number of ether oxygens (including phenoxy) is 1. The number of hydrogen-bond acceptors (Lipinski definition) is 4. The number of nitrogen functional groups attached to an aromatic ring is 1. The minimum absolute atomic E-state index is 0.107. The van der Waals surface area contributed by atoms with E-state index < -0.39 is 0 Å². The summed E-state index contributed by atoms with van der Waals surface area (Å²) in [5.74, 6) is -0.121. The predicted octanol–water partition coefficient (Wildman–Crippen LogP) is 1.61. The van der Waals surface area contributed by atoms with Crippen LogP contribution in [-0.4, -0.2) is 31.2 Å². The van der Waals surface area contributed by atoms with E-state index in [0.29, 0.717) is 11.3 Å². The van der Waals surface area contributed by atoms with Crippen molar-refractivity contribution in [2.45, 2.75) is 31.9 Å². The Labute approximate surface area is 113 Å². The third kappa shape index (κ3) is 2.66. The van der Waals surface area contributed by atoms with Crippen molar-refractivity contribution in [3.05, 3.63) is 23.8 Å². The summed E-state index contributed by atoms with van der Waals surface area (Å²) in [6.45, 7) is 4.88. The molecule has 1 heterocycles. The fraction of sp³-hybridized carbons (Fsp3) is 0.500. The smallest absolute Gasteiger partial charge is 0.251 e. The molecule has 1 aliphatic heterocycles. The number of hydrogen-bond donors (Lipinski definition) is 3. The Hall–Kier alpha value is -1.75. The molecule has 2 rings (SSSR count). The van der Waals surface area contributed by atoms with E-state index in [4.69, 9.17) is 10.5 Å². The van der Waals surface area contributed by atoms with Crippen molar-refractivity contribution in [1.29, 1.82) is 0 Å². The Kier molecular flexibility index (Phi) is 3.66. The molecule has 0 bridgehead atoms. The highest BCUT2D eigenvalue weighted by atomic mass is 16.5. The summed E-state index contributed by atoms with van der Waals surface area (Å²) < 4.78 is 5.60. The molecule has 0 spiro atoms. The van der Waals surface area contributed by atoms with E-state index in [2.05, 4.69) is 17.6 Å². The van der Waals surface area contributed by atoms with Crippen LogP contribution in [0.5, 0.6) is 0 Å². The number of carbonyl (C=O) groups excluding carboxylic acids is 1. The van der Waals surface area contributed by atoms with E-state index in [9.17, 15) is 4.79 Å². The molecule has 0 aromatic heterocycles. The Balaban J connectivity index is 2.26. The second kappa shape index (κ2) is 5.09. The van der Waals surface area contributed by atoms with Gasteiger partial charge in [-0.2, -0.15) is 0 Å². The van der Waals surface area contributed by atoms with Crippen LogP contribution in [0.1, 0.15) is 30.6 Å². The van der Waals surface area contributed by atoms with Crippen LogP contribution in [0.25, 0.3) is 0 Å². The number of amides is 1. The highest BCUT2D eigenvalue weighted by Crippen LogP contribution is 2.32. The monoisotopic (exact) mass is 263 g/mol. The molecule has 4 N–H and O–H groups in total. The van der Waals surface area contributed by atoms with Gasteiger partial charge in [-0.3, -0.25) is 4.79 Å². The van der Waals surface area contributed by atoms with Gasteiger partial charge in [0.15, 0.2) is 0 Å². The summed E-state index contributed by atoms with van der Waals surface area (Å²) in [6, 6.07) is 5.25. The number of benzene rings is 1. The fourth-order valence-electron chi connectivity index (χ4n) is 2.26. The molecule has 2 atom stereocenters. The lowest BCUT2D eigenvalue weighted by atomic mass is 9.94. The Morgan fingerprint density at radius 3 is 2.84 bits per heavy atom. The van der Waals surface area contributed by atoms with Crippen molar-refractivity contribution in [3.63, 3.8) is 0 Å². The molecule has 1 aromatic carbocycles. The highest BCUT2D eigenvalue weighted by molar-refractivity contribution is 5.96. The highest BCUT2D eigenvalue weighted by Gasteiger charge is 2.37. The summed E-state index contributed by atoms with van der Waals surface area (Å²) in [5.41, 5.74) is 7.82. The second-order valence-electron chi connectivity index (χ2n) is 5.19. The van der Waals surface area contributed by atoms with Crippen LogP contribution in [0.15, 0.2) is 18.2 Å². The minimum Gasteiger partial charge on any atom is -0.397 e. The number of rotatable bonds is 3. The summed E-state index contributed by atoms with van der Waals surface area (Å²) in [5, 5.41) is 6.03. The van der Waals surface area contributed by atoms with Gasteiger partial charge in [0.05, 0.1) is 23.0 Å². The van der Waals surface area contributed by atoms with E-state index in [1.165, 1.54) is 0 Å². The largest absolute Gasteiger partial charge is 0.397 e. The van der Waals surface area contributed by atoms with Crippen molar-refractivity contribution in [2.24, 2.45) is 0 Å². The van der Waals surface area contributed by atoms with E-state index in [-0.39, 0.29) is 17.6 Å². The molecule has 1 amide bonds. The first-order valence-corrected chi connectivity index (χ1v) is 6.47. The normalized spacial score (nSPS) is 26.2. The molecule has 2 unspecified atom stereocenters. The number of nitrogens with two attached hydrogens (primary N) is 1. The Morgan fingerprint density at radius 1 is 1.53 bits per heavy atom. The molecular weight excluding hydrogens is 242 g/mol. The zero-order valence-electron chi connectivity index (χ0n) is 11.6. The van der Waals surface area contributed by atoms with Crippen LogP contribution >= 0.6 is 0 Å². The first-order chi connectivity index (χ1) is 8.96. The zero-order valence-corrected chi connectivity index (χ0v) is 11.6. The minimum atomic E-state index is -0.157. The van der Waals surface area contributed by atoms with Crippen molar-refractivity contribution >= 4 is 17.3 Å². The SMILES string of the molecule is CNC(=O)c1ccc(N)c(NC2(C)CCOC2C)c1. The van der Waals surface area contributed by atoms with Crippen LogP contribution in [0.2, 0.25) is 0 Å². The van der Waals surface area contributed by atoms with Gasteiger partial charge in [-0.25, -0.2) is 0 Å². The standard InChI is InChI=1S/C14H21N3O2/c1-9-14(2,6-7-19-9)17-12-8-10(13(18)16-3)4-5-11(12)15/h4-5,8-9,17H,6-7,15H2,1-3H3,(H,16,18). The molecule has 1 saturated heterocycles. The van der Waals surface area contributed by atoms with Crippen LogP contribution in [-0.2, 0) is 4.74 Å². The molecule has 104 valence electrons. The Morgan fingerprint density at radius 2 is 2.26 bits per heavy atom. The van der Waals surface area contributed by atoms with E-state index in [1.807, 2.05) is 6.92 Å². The van der Waals surface area contributed by atoms with Gasteiger partial charge in [0, 0.05) is 19.2 Å². The van der Waals surface area contributed by atoms with Gasteiger partial charge < -0.3 is 21.1 Å². The molecule has 5 nitrogen and oxygen atoms in total. The van der Waals surface area contributed by atoms with E-state index >= 15 is 0 Å². The molecule has 5 heteroatoms. The summed E-state index contributed by atoms with van der Waals surface area (Å²) in [6.07, 6.45) is 1.02. The van der Waals surface area contributed by atoms with Gasteiger partial charge >= 0.3 is 0 Å². The van der Waals surface area contributed by atoms with Gasteiger partial charge in [-0.1, -0.05) is 0 Å². The van der Waals surface area contributed by atoms with Crippen molar-refractivity contribution in [1.82, 2.24) is 5.32 Å². The molecule has 0 radical (unpaired) electrons. The van der Waals surface area contributed by atoms with Crippen LogP contribution in [0.3, 0.4) is 0 Å². The third-order valence-electron chi connectivity index (χ3n) is 3.85. The average Bonchev–Trinajstić information content (AvgIpc) is 2.71. The second-order valence-corrected chi connectivity index (χ2v) is 5.19. The molecule has 0 aliphatic carbocycles. The van der Waals surface area contributed by atoms with Gasteiger partial charge in [0.1, 0.15) is 0 Å². The van der Waals surface area contributed by atoms with Crippen molar-refractivity contribution in [2.75, 3.05) is 24.7 Å². The maximum Gasteiger partial charge on any atom is 0.251 e. The summed E-state index contributed by atoms with van der Waals surface area (Å²) >= 11 is 0. The lowest BCUT2D eigenvalue weighted by Gasteiger charge is -2.31. The molecular formula is C14H21N3O2. The van der Waals surface area contributed by atoms with E-state index in [1.54, 1.807) is 25.2 Å². The van der Waals surface area contributed by atoms with Crippen LogP contribution in [0, 0.1) is 0 Å². The van der Waals surface area contributed by atoms with Crippen LogP contribution in [0.4, 0.5) is 11.4 Å². The summed E-state index contributed by atoms with van der Waals surface area (Å²) in [4.78, 5) is 11.7. The first-order valence-electron chi connectivity index (χ1n) is 6.47. The van der Waals surface area contributed by atoms with Crippen LogP contribution < -0.4 is 16.4 Å². The van der Waals surface area contributed by atoms with Gasteiger partial charge in [0.2, 0.25) is 0 Å². The number of carbonyl (C=O) groups is 1. The predicted molar refractivity (Wildman–Crippen MR) is 76.3 cm³/mol. The quantitative estimate of drug-likeness (QED) is 0.724. The molecule has 1 aromatic rings. The fourth-order valence-corrected chi connectivity index (χ4v) is 2.26. The average molecular weight is 263 g/mol. The third-order valence-corrected chi connectivity index (χ3v) is 3.85. The lowest BCUT2D eigenvalue weighted by Crippen LogP contribution is -2.41. The maximum atomic E-state index is 11.7. The number of nitrogens with one attached hydrogen (secondary N) is 2. The summed E-state index contributed by atoms with van der Waals surface area (Å²) in [7, 11) is 1.61. The number of anilines is 2. The maximum absolute atomic E-state index is 11.7. The first kappa shape index (κ1) is 13.7. The van der Waals surface area contributed by atoms with E-state index in [0.717, 1.165) is 18.7 Å². The molecule has 0 saturated carbocycles.